The minimum absolute atomic E-state index is 0. The molecule has 0 spiro atoms. The first-order chi connectivity index (χ1) is 7.81. The molecule has 2 aromatic rings. The second-order valence-electron chi connectivity index (χ2n) is 3.48. The predicted molar refractivity (Wildman–Crippen MR) is 65.8 cm³/mol. The third kappa shape index (κ3) is 3.52. The number of aliphatic hydroxyl groups is 1. The van der Waals surface area contributed by atoms with E-state index in [1.807, 2.05) is 41.8 Å². The van der Waals surface area contributed by atoms with Crippen molar-refractivity contribution in [2.45, 2.75) is 13.5 Å². The highest BCUT2D eigenvalue weighted by Gasteiger charge is 1.99. The van der Waals surface area contributed by atoms with Crippen LogP contribution in [0.1, 0.15) is 5.69 Å². The van der Waals surface area contributed by atoms with Crippen LogP contribution in [0.5, 0.6) is 0 Å². The molecule has 0 saturated carbocycles. The fraction of sp³-hybridized carbons (Fsp3) is 0.250. The molecule has 0 aliphatic rings. The zero-order valence-electron chi connectivity index (χ0n) is 9.51. The van der Waals surface area contributed by atoms with E-state index in [1.165, 1.54) is 0 Å². The Morgan fingerprint density at radius 3 is 2.65 bits per heavy atom. The van der Waals surface area contributed by atoms with Crippen molar-refractivity contribution in [2.24, 2.45) is 4.99 Å². The van der Waals surface area contributed by atoms with E-state index >= 15 is 0 Å². The van der Waals surface area contributed by atoms with E-state index in [9.17, 15) is 0 Å². The average molecular weight is 314 g/mol. The van der Waals surface area contributed by atoms with Crippen molar-refractivity contribution in [3.8, 4) is 0 Å². The van der Waals surface area contributed by atoms with Crippen LogP contribution in [0.25, 0.3) is 0 Å². The molecule has 0 bridgehead atoms. The molecule has 3 nitrogen and oxygen atoms in total. The van der Waals surface area contributed by atoms with Gasteiger partial charge in [0.05, 0.1) is 12.3 Å². The van der Waals surface area contributed by atoms with Crippen LogP contribution in [-0.2, 0) is 6.54 Å². The van der Waals surface area contributed by atoms with Gasteiger partial charge in [0.1, 0.15) is 0 Å². The van der Waals surface area contributed by atoms with Gasteiger partial charge in [-0.3, -0.25) is 0 Å². The number of hydrogen-bond donors (Lipinski definition) is 1. The number of rotatable bonds is 3. The van der Waals surface area contributed by atoms with Crippen molar-refractivity contribution in [3.63, 3.8) is 0 Å². The first-order valence-electron chi connectivity index (χ1n) is 5.17. The first-order valence-corrected chi connectivity index (χ1v) is 6.05. The standard InChI is InChI=1S/C12H14N2OS.BrH/c1-10-9-16-12(14(10)7-8-15)13-11-5-3-2-4-6-11;/h2-6,9,15H,7-8H2,1H3;1H/p-1. The van der Waals surface area contributed by atoms with Gasteiger partial charge in [0.2, 0.25) is 0 Å². The molecule has 0 amide bonds. The van der Waals surface area contributed by atoms with Crippen LogP contribution in [0.15, 0.2) is 40.7 Å². The fourth-order valence-electron chi connectivity index (χ4n) is 1.49. The molecule has 0 aliphatic heterocycles. The van der Waals surface area contributed by atoms with Crippen LogP contribution in [-0.4, -0.2) is 16.3 Å². The normalized spacial score (nSPS) is 11.3. The summed E-state index contributed by atoms with van der Waals surface area (Å²) in [7, 11) is 0. The zero-order chi connectivity index (χ0) is 11.4. The quantitative estimate of drug-likeness (QED) is 0.782. The summed E-state index contributed by atoms with van der Waals surface area (Å²) in [5, 5.41) is 11.0. The van der Waals surface area contributed by atoms with Crippen LogP contribution in [0.2, 0.25) is 0 Å². The molecule has 0 fully saturated rings. The molecular formula is C12H14BrN2OS-. The summed E-state index contributed by atoms with van der Waals surface area (Å²) in [4.78, 5) is 5.48. The van der Waals surface area contributed by atoms with Gasteiger partial charge in [-0.2, -0.15) is 0 Å². The predicted octanol–water partition coefficient (Wildman–Crippen LogP) is -0.913. The van der Waals surface area contributed by atoms with Gasteiger partial charge < -0.3 is 26.7 Å². The number of hydrogen-bond acceptors (Lipinski definition) is 3. The lowest BCUT2D eigenvalue weighted by Gasteiger charge is -2.02. The van der Waals surface area contributed by atoms with Crippen molar-refractivity contribution >= 4 is 17.0 Å². The Morgan fingerprint density at radius 2 is 2.00 bits per heavy atom. The molecule has 1 N–H and O–H groups in total. The Kier molecular flexibility index (Phi) is 5.61. The Labute approximate surface area is 115 Å². The summed E-state index contributed by atoms with van der Waals surface area (Å²) in [6, 6.07) is 9.85. The smallest absolute Gasteiger partial charge is 0.190 e. The molecule has 0 saturated heterocycles. The molecule has 1 aromatic carbocycles. The average Bonchev–Trinajstić information content (AvgIpc) is 2.64. The minimum Gasteiger partial charge on any atom is -1.00 e. The van der Waals surface area contributed by atoms with E-state index in [0.29, 0.717) is 6.54 Å². The minimum atomic E-state index is 0. The first kappa shape index (κ1) is 14.2. The number of thiazole rings is 1. The highest BCUT2D eigenvalue weighted by molar-refractivity contribution is 7.07. The summed E-state index contributed by atoms with van der Waals surface area (Å²) < 4.78 is 2.03. The summed E-state index contributed by atoms with van der Waals surface area (Å²) in [5.41, 5.74) is 2.07. The van der Waals surface area contributed by atoms with Crippen molar-refractivity contribution in [1.29, 1.82) is 0 Å². The number of nitrogens with zero attached hydrogens (tertiary/aromatic N) is 2. The van der Waals surface area contributed by atoms with Crippen molar-refractivity contribution in [3.05, 3.63) is 46.2 Å². The van der Waals surface area contributed by atoms with Crippen LogP contribution < -0.4 is 21.8 Å². The van der Waals surface area contributed by atoms with E-state index < -0.39 is 0 Å². The Morgan fingerprint density at radius 1 is 1.29 bits per heavy atom. The van der Waals surface area contributed by atoms with Gasteiger partial charge in [0.25, 0.3) is 0 Å². The molecule has 0 unspecified atom stereocenters. The lowest BCUT2D eigenvalue weighted by molar-refractivity contribution is -0.00000443. The van der Waals surface area contributed by atoms with Gasteiger partial charge in [-0.25, -0.2) is 4.99 Å². The lowest BCUT2D eigenvalue weighted by Crippen LogP contribution is -3.00. The number of aliphatic hydroxyl groups excluding tert-OH is 1. The third-order valence-electron chi connectivity index (χ3n) is 2.30. The van der Waals surface area contributed by atoms with E-state index in [0.717, 1.165) is 16.2 Å². The van der Waals surface area contributed by atoms with Crippen molar-refractivity contribution in [1.82, 2.24) is 4.57 Å². The number of halogens is 1. The molecule has 0 aliphatic carbocycles. The number of benzene rings is 1. The van der Waals surface area contributed by atoms with Gasteiger partial charge in [-0.05, 0) is 19.1 Å². The van der Waals surface area contributed by atoms with Crippen molar-refractivity contribution in [2.75, 3.05) is 6.61 Å². The summed E-state index contributed by atoms with van der Waals surface area (Å²) >= 11 is 1.60. The molecular weight excluding hydrogens is 300 g/mol. The Balaban J connectivity index is 0.00000144. The monoisotopic (exact) mass is 313 g/mol. The number of aryl methyl sites for hydroxylation is 1. The van der Waals surface area contributed by atoms with E-state index in [2.05, 4.69) is 10.4 Å². The Bertz CT molecular complexity index is 519. The van der Waals surface area contributed by atoms with Gasteiger partial charge in [-0.1, -0.05) is 18.2 Å². The molecule has 1 heterocycles. The van der Waals surface area contributed by atoms with Gasteiger partial charge >= 0.3 is 0 Å². The van der Waals surface area contributed by atoms with Crippen LogP contribution in [0, 0.1) is 6.92 Å². The maximum Gasteiger partial charge on any atom is 0.190 e. The molecule has 1 aromatic heterocycles. The van der Waals surface area contributed by atoms with Gasteiger partial charge in [-0.15, -0.1) is 11.3 Å². The Hall–Kier alpha value is -0.910. The highest BCUT2D eigenvalue weighted by Crippen LogP contribution is 2.09. The largest absolute Gasteiger partial charge is 1.00 e. The number of para-hydroxylation sites is 1. The second kappa shape index (κ2) is 6.74. The number of aromatic nitrogens is 1. The van der Waals surface area contributed by atoms with E-state index in [-0.39, 0.29) is 23.6 Å². The maximum absolute atomic E-state index is 9.00. The van der Waals surface area contributed by atoms with E-state index in [4.69, 9.17) is 5.11 Å². The summed E-state index contributed by atoms with van der Waals surface area (Å²) in [5.74, 6) is 0. The molecule has 2 rings (SSSR count). The SMILES string of the molecule is Cc1csc(=Nc2ccccc2)n1CCO.[Br-]. The van der Waals surface area contributed by atoms with Crippen LogP contribution in [0.3, 0.4) is 0 Å². The molecule has 0 radical (unpaired) electrons. The van der Waals surface area contributed by atoms with Crippen molar-refractivity contribution < 1.29 is 22.1 Å². The maximum atomic E-state index is 9.00. The molecule has 17 heavy (non-hydrogen) atoms. The molecule has 0 atom stereocenters. The van der Waals surface area contributed by atoms with Gasteiger partial charge in [0.15, 0.2) is 4.80 Å². The zero-order valence-corrected chi connectivity index (χ0v) is 11.9. The molecule has 5 heteroatoms. The second-order valence-corrected chi connectivity index (χ2v) is 4.32. The topological polar surface area (TPSA) is 37.5 Å². The lowest BCUT2D eigenvalue weighted by atomic mass is 10.3. The summed E-state index contributed by atoms with van der Waals surface area (Å²) in [6.07, 6.45) is 0. The fourth-order valence-corrected chi connectivity index (χ4v) is 2.41. The van der Waals surface area contributed by atoms with Crippen LogP contribution >= 0.6 is 11.3 Å². The van der Waals surface area contributed by atoms with E-state index in [1.54, 1.807) is 11.3 Å². The third-order valence-corrected chi connectivity index (χ3v) is 3.28. The van der Waals surface area contributed by atoms with Crippen LogP contribution in [0.4, 0.5) is 5.69 Å². The molecule has 92 valence electrons. The highest BCUT2D eigenvalue weighted by atomic mass is 79.9. The summed E-state index contributed by atoms with van der Waals surface area (Å²) in [6.45, 7) is 2.76. The van der Waals surface area contributed by atoms with Gasteiger partial charge in [0, 0.05) is 17.6 Å².